The van der Waals surface area contributed by atoms with Crippen molar-refractivity contribution in [1.82, 2.24) is 10.2 Å². The molecule has 1 amide bonds. The molecule has 1 heterocycles. The van der Waals surface area contributed by atoms with Crippen molar-refractivity contribution in [3.63, 3.8) is 0 Å². The molecule has 6 nitrogen and oxygen atoms in total. The van der Waals surface area contributed by atoms with Crippen molar-refractivity contribution in [2.45, 2.75) is 52.4 Å². The summed E-state index contributed by atoms with van der Waals surface area (Å²) in [5.74, 6) is 0.0816. The number of nitrogens with one attached hydrogen (secondary N) is 1. The van der Waals surface area contributed by atoms with E-state index in [1.807, 2.05) is 20.8 Å². The van der Waals surface area contributed by atoms with E-state index in [0.717, 1.165) is 32.5 Å². The van der Waals surface area contributed by atoms with Gasteiger partial charge in [0.25, 0.3) is 0 Å². The van der Waals surface area contributed by atoms with Gasteiger partial charge in [-0.1, -0.05) is 0 Å². The van der Waals surface area contributed by atoms with E-state index in [1.54, 1.807) is 0 Å². The van der Waals surface area contributed by atoms with E-state index in [9.17, 15) is 9.59 Å². The summed E-state index contributed by atoms with van der Waals surface area (Å²) in [4.78, 5) is 23.8. The summed E-state index contributed by atoms with van der Waals surface area (Å²) < 4.78 is 10.9. The zero-order chi connectivity index (χ0) is 15.9. The van der Waals surface area contributed by atoms with E-state index in [-0.39, 0.29) is 17.8 Å². The predicted molar refractivity (Wildman–Crippen MR) is 79.6 cm³/mol. The highest BCUT2D eigenvalue weighted by molar-refractivity contribution is 5.65. The van der Waals surface area contributed by atoms with Crippen LogP contribution in [0.2, 0.25) is 0 Å². The van der Waals surface area contributed by atoms with Crippen molar-refractivity contribution in [2.24, 2.45) is 5.92 Å². The molecule has 21 heavy (non-hydrogen) atoms. The molecule has 0 aromatic rings. The molecular weight excluding hydrogens is 272 g/mol. The SMILES string of the molecule is CC(=O)OCCN1CCC(C(NC=O)OC(C)(C)C)CC1. The standard InChI is InChI=1S/C15H28N2O4/c1-12(19)20-10-9-17-7-5-13(6-8-17)14(16-11-18)21-15(2,3)4/h11,13-14H,5-10H2,1-4H3,(H,16,18). The number of carbonyl (C=O) groups is 2. The Balaban J connectivity index is 2.38. The Morgan fingerprint density at radius 1 is 1.38 bits per heavy atom. The van der Waals surface area contributed by atoms with Gasteiger partial charge in [0.2, 0.25) is 6.41 Å². The van der Waals surface area contributed by atoms with Crippen LogP contribution in [0.25, 0.3) is 0 Å². The molecule has 0 saturated carbocycles. The lowest BCUT2D eigenvalue weighted by Gasteiger charge is -2.38. The molecule has 122 valence electrons. The fourth-order valence-electron chi connectivity index (χ4n) is 2.51. The number of hydrogen-bond acceptors (Lipinski definition) is 5. The van der Waals surface area contributed by atoms with E-state index >= 15 is 0 Å². The first-order valence-corrected chi connectivity index (χ1v) is 7.55. The highest BCUT2D eigenvalue weighted by Gasteiger charge is 2.29. The molecule has 1 saturated heterocycles. The quantitative estimate of drug-likeness (QED) is 0.434. The van der Waals surface area contributed by atoms with Crippen LogP contribution in [0.15, 0.2) is 0 Å². The monoisotopic (exact) mass is 300 g/mol. The Morgan fingerprint density at radius 2 is 2.00 bits per heavy atom. The number of amides is 1. The lowest BCUT2D eigenvalue weighted by molar-refractivity contribution is -0.141. The molecule has 6 heteroatoms. The molecule has 0 radical (unpaired) electrons. The molecule has 0 aromatic heterocycles. The van der Waals surface area contributed by atoms with Crippen LogP contribution in [0.1, 0.15) is 40.5 Å². The van der Waals surface area contributed by atoms with Gasteiger partial charge >= 0.3 is 5.97 Å². The van der Waals surface area contributed by atoms with Gasteiger partial charge in [-0.2, -0.15) is 0 Å². The van der Waals surface area contributed by atoms with Gasteiger partial charge in [0.1, 0.15) is 12.8 Å². The number of nitrogens with zero attached hydrogens (tertiary/aromatic N) is 1. The summed E-state index contributed by atoms with van der Waals surface area (Å²) in [5, 5.41) is 2.79. The molecule has 1 aliphatic heterocycles. The minimum atomic E-state index is -0.285. The maximum absolute atomic E-state index is 10.8. The highest BCUT2D eigenvalue weighted by Crippen LogP contribution is 2.24. The average molecular weight is 300 g/mol. The average Bonchev–Trinajstić information content (AvgIpc) is 2.37. The van der Waals surface area contributed by atoms with Gasteiger partial charge in [-0.15, -0.1) is 0 Å². The summed E-state index contributed by atoms with van der Waals surface area (Å²) >= 11 is 0. The summed E-state index contributed by atoms with van der Waals surface area (Å²) in [7, 11) is 0. The fraction of sp³-hybridized carbons (Fsp3) is 0.867. The molecule has 1 N–H and O–H groups in total. The molecule has 1 fully saturated rings. The lowest BCUT2D eigenvalue weighted by atomic mass is 9.94. The van der Waals surface area contributed by atoms with E-state index in [2.05, 4.69) is 10.2 Å². The Labute approximate surface area is 127 Å². The molecule has 0 spiro atoms. The zero-order valence-corrected chi connectivity index (χ0v) is 13.6. The third-order valence-electron chi connectivity index (χ3n) is 3.49. The normalized spacial score (nSPS) is 19.0. The van der Waals surface area contributed by atoms with E-state index in [1.165, 1.54) is 6.92 Å². The van der Waals surface area contributed by atoms with Crippen molar-refractivity contribution in [2.75, 3.05) is 26.2 Å². The number of rotatable bonds is 7. The van der Waals surface area contributed by atoms with Crippen LogP contribution in [-0.2, 0) is 19.1 Å². The Bertz CT molecular complexity index is 333. The molecule has 1 aliphatic rings. The van der Waals surface area contributed by atoms with Gasteiger partial charge in [0.15, 0.2) is 0 Å². The first-order valence-electron chi connectivity index (χ1n) is 7.55. The third kappa shape index (κ3) is 7.43. The zero-order valence-electron chi connectivity index (χ0n) is 13.6. The number of piperidine rings is 1. The van der Waals surface area contributed by atoms with Crippen molar-refractivity contribution >= 4 is 12.4 Å². The van der Waals surface area contributed by atoms with Gasteiger partial charge in [-0.05, 0) is 46.7 Å². The summed E-state index contributed by atoms with van der Waals surface area (Å²) in [6.07, 6.45) is 2.39. The van der Waals surface area contributed by atoms with Crippen molar-refractivity contribution in [3.8, 4) is 0 Å². The minimum Gasteiger partial charge on any atom is -0.465 e. The second kappa shape index (κ2) is 8.34. The Kier molecular flexibility index (Phi) is 7.11. The summed E-state index contributed by atoms with van der Waals surface area (Å²) in [5.41, 5.74) is -0.285. The fourth-order valence-corrected chi connectivity index (χ4v) is 2.51. The van der Waals surface area contributed by atoms with Crippen LogP contribution in [0, 0.1) is 5.92 Å². The van der Waals surface area contributed by atoms with Crippen LogP contribution in [0.3, 0.4) is 0 Å². The third-order valence-corrected chi connectivity index (χ3v) is 3.49. The first kappa shape index (κ1) is 17.9. The molecular formula is C15H28N2O4. The van der Waals surface area contributed by atoms with Gasteiger partial charge in [0, 0.05) is 19.4 Å². The maximum Gasteiger partial charge on any atom is 0.302 e. The van der Waals surface area contributed by atoms with Crippen molar-refractivity contribution < 1.29 is 19.1 Å². The number of hydrogen-bond donors (Lipinski definition) is 1. The van der Waals surface area contributed by atoms with Crippen LogP contribution in [-0.4, -0.2) is 55.3 Å². The van der Waals surface area contributed by atoms with E-state index < -0.39 is 0 Å². The van der Waals surface area contributed by atoms with E-state index in [0.29, 0.717) is 18.9 Å². The summed E-state index contributed by atoms with van der Waals surface area (Å²) in [6, 6.07) is 0. The molecule has 1 unspecified atom stereocenters. The predicted octanol–water partition coefficient (Wildman–Crippen LogP) is 1.15. The smallest absolute Gasteiger partial charge is 0.302 e. The molecule has 1 rings (SSSR count). The van der Waals surface area contributed by atoms with Crippen LogP contribution < -0.4 is 5.32 Å². The van der Waals surface area contributed by atoms with Crippen LogP contribution in [0.5, 0.6) is 0 Å². The molecule has 0 bridgehead atoms. The lowest BCUT2D eigenvalue weighted by Crippen LogP contribution is -2.47. The Hall–Kier alpha value is -1.14. The second-order valence-electron chi connectivity index (χ2n) is 6.45. The highest BCUT2D eigenvalue weighted by atomic mass is 16.5. The van der Waals surface area contributed by atoms with Gasteiger partial charge in [-0.3, -0.25) is 14.5 Å². The molecule has 1 atom stereocenters. The largest absolute Gasteiger partial charge is 0.465 e. The van der Waals surface area contributed by atoms with Gasteiger partial charge in [-0.25, -0.2) is 0 Å². The molecule has 0 aliphatic carbocycles. The molecule has 0 aromatic carbocycles. The number of esters is 1. The van der Waals surface area contributed by atoms with Crippen LogP contribution >= 0.6 is 0 Å². The first-order chi connectivity index (χ1) is 9.81. The number of likely N-dealkylation sites (tertiary alicyclic amines) is 1. The van der Waals surface area contributed by atoms with Crippen molar-refractivity contribution in [3.05, 3.63) is 0 Å². The van der Waals surface area contributed by atoms with Crippen LogP contribution in [0.4, 0.5) is 0 Å². The van der Waals surface area contributed by atoms with Gasteiger partial charge in [0.05, 0.1) is 5.60 Å². The number of carbonyl (C=O) groups excluding carboxylic acids is 2. The van der Waals surface area contributed by atoms with Crippen molar-refractivity contribution in [1.29, 1.82) is 0 Å². The topological polar surface area (TPSA) is 67.9 Å². The second-order valence-corrected chi connectivity index (χ2v) is 6.45. The maximum atomic E-state index is 10.8. The summed E-state index contributed by atoms with van der Waals surface area (Å²) in [6.45, 7) is 10.4. The Morgan fingerprint density at radius 3 is 2.48 bits per heavy atom. The minimum absolute atomic E-state index is 0.237. The number of ether oxygens (including phenoxy) is 2. The van der Waals surface area contributed by atoms with E-state index in [4.69, 9.17) is 9.47 Å². The van der Waals surface area contributed by atoms with Gasteiger partial charge < -0.3 is 14.8 Å².